The van der Waals surface area contributed by atoms with E-state index in [-0.39, 0.29) is 11.6 Å². The van der Waals surface area contributed by atoms with Crippen LogP contribution in [0.3, 0.4) is 0 Å². The van der Waals surface area contributed by atoms with Gasteiger partial charge in [0.15, 0.2) is 0 Å². The molecular formula is C10H10N2O2. The van der Waals surface area contributed by atoms with E-state index in [4.69, 9.17) is 10.3 Å². The van der Waals surface area contributed by atoms with Crippen LogP contribution in [0, 0.1) is 6.92 Å². The molecule has 0 amide bonds. The second-order valence-corrected chi connectivity index (χ2v) is 3.06. The van der Waals surface area contributed by atoms with Gasteiger partial charge in [-0.25, -0.2) is 0 Å². The molecule has 0 aliphatic carbocycles. The standard InChI is InChI=1S/C10H10N2O2/c1-6-9(10(11)14-12-6)7-3-2-4-8(13)5-7/h2-5,13H,11H2,1H3. The second kappa shape index (κ2) is 3.06. The molecule has 0 aliphatic rings. The van der Waals surface area contributed by atoms with Crippen LogP contribution >= 0.6 is 0 Å². The van der Waals surface area contributed by atoms with Crippen LogP contribution < -0.4 is 5.73 Å². The number of nitrogens with two attached hydrogens (primary N) is 1. The van der Waals surface area contributed by atoms with Crippen molar-refractivity contribution in [3.8, 4) is 16.9 Å². The van der Waals surface area contributed by atoms with Crippen LogP contribution in [-0.4, -0.2) is 10.3 Å². The molecule has 1 aromatic carbocycles. The fourth-order valence-electron chi connectivity index (χ4n) is 1.40. The van der Waals surface area contributed by atoms with Gasteiger partial charge in [0, 0.05) is 0 Å². The van der Waals surface area contributed by atoms with Crippen LogP contribution in [-0.2, 0) is 0 Å². The highest BCUT2D eigenvalue weighted by molar-refractivity contribution is 5.75. The van der Waals surface area contributed by atoms with Crippen molar-refractivity contribution in [3.05, 3.63) is 30.0 Å². The Morgan fingerprint density at radius 1 is 1.43 bits per heavy atom. The number of rotatable bonds is 1. The maximum absolute atomic E-state index is 9.30. The van der Waals surface area contributed by atoms with E-state index < -0.39 is 0 Å². The summed E-state index contributed by atoms with van der Waals surface area (Å²) in [4.78, 5) is 0. The van der Waals surface area contributed by atoms with Gasteiger partial charge in [0.25, 0.3) is 0 Å². The van der Waals surface area contributed by atoms with Gasteiger partial charge in [-0.3, -0.25) is 0 Å². The largest absolute Gasteiger partial charge is 0.508 e. The van der Waals surface area contributed by atoms with Gasteiger partial charge in [-0.2, -0.15) is 0 Å². The molecule has 4 nitrogen and oxygen atoms in total. The predicted octanol–water partition coefficient (Wildman–Crippen LogP) is 1.94. The number of nitrogens with zero attached hydrogens (tertiary/aromatic N) is 1. The summed E-state index contributed by atoms with van der Waals surface area (Å²) in [5, 5.41) is 13.0. The summed E-state index contributed by atoms with van der Waals surface area (Å²) in [5.41, 5.74) is 7.87. The van der Waals surface area contributed by atoms with Crippen LogP contribution in [0.25, 0.3) is 11.1 Å². The van der Waals surface area contributed by atoms with Crippen molar-refractivity contribution in [2.24, 2.45) is 0 Å². The zero-order chi connectivity index (χ0) is 10.1. The van der Waals surface area contributed by atoms with Crippen molar-refractivity contribution in [3.63, 3.8) is 0 Å². The number of phenols is 1. The molecule has 0 saturated heterocycles. The van der Waals surface area contributed by atoms with Crippen LogP contribution in [0.4, 0.5) is 5.88 Å². The molecule has 72 valence electrons. The van der Waals surface area contributed by atoms with E-state index in [0.29, 0.717) is 5.69 Å². The number of nitrogen functional groups attached to an aromatic ring is 1. The Kier molecular flexibility index (Phi) is 1.89. The maximum Gasteiger partial charge on any atom is 0.230 e. The molecule has 4 heteroatoms. The molecule has 0 aliphatic heterocycles. The van der Waals surface area contributed by atoms with Crippen molar-refractivity contribution in [1.82, 2.24) is 5.16 Å². The number of hydrogen-bond acceptors (Lipinski definition) is 4. The van der Waals surface area contributed by atoms with E-state index in [1.165, 1.54) is 0 Å². The van der Waals surface area contributed by atoms with Gasteiger partial charge in [0.1, 0.15) is 5.75 Å². The van der Waals surface area contributed by atoms with Gasteiger partial charge in [0.2, 0.25) is 5.88 Å². The molecule has 2 aromatic rings. The van der Waals surface area contributed by atoms with E-state index in [1.807, 2.05) is 6.07 Å². The van der Waals surface area contributed by atoms with E-state index in [2.05, 4.69) is 5.16 Å². The molecule has 0 fully saturated rings. The molecule has 3 N–H and O–H groups in total. The first-order chi connectivity index (χ1) is 6.68. The van der Waals surface area contributed by atoms with E-state index in [0.717, 1.165) is 11.1 Å². The topological polar surface area (TPSA) is 72.3 Å². The minimum Gasteiger partial charge on any atom is -0.508 e. The summed E-state index contributed by atoms with van der Waals surface area (Å²) < 4.78 is 4.84. The summed E-state index contributed by atoms with van der Waals surface area (Å²) in [7, 11) is 0. The molecule has 0 spiro atoms. The van der Waals surface area contributed by atoms with Crippen molar-refractivity contribution in [2.75, 3.05) is 5.73 Å². The summed E-state index contributed by atoms with van der Waals surface area (Å²) in [6.07, 6.45) is 0. The van der Waals surface area contributed by atoms with Crippen molar-refractivity contribution >= 4 is 5.88 Å². The first kappa shape index (κ1) is 8.62. The third-order valence-corrected chi connectivity index (χ3v) is 2.02. The summed E-state index contributed by atoms with van der Waals surface area (Å²) in [5.74, 6) is 0.468. The molecule has 1 heterocycles. The SMILES string of the molecule is Cc1noc(N)c1-c1cccc(O)c1. The lowest BCUT2D eigenvalue weighted by molar-refractivity contribution is 0.431. The minimum atomic E-state index is 0.197. The monoisotopic (exact) mass is 190 g/mol. The molecule has 0 saturated carbocycles. The zero-order valence-electron chi connectivity index (χ0n) is 7.69. The third kappa shape index (κ3) is 1.31. The van der Waals surface area contributed by atoms with Gasteiger partial charge < -0.3 is 15.4 Å². The molecule has 14 heavy (non-hydrogen) atoms. The average Bonchev–Trinajstić information content (AvgIpc) is 2.46. The average molecular weight is 190 g/mol. The molecule has 2 rings (SSSR count). The van der Waals surface area contributed by atoms with Crippen LogP contribution in [0.1, 0.15) is 5.69 Å². The first-order valence-electron chi connectivity index (χ1n) is 4.19. The second-order valence-electron chi connectivity index (χ2n) is 3.06. The highest BCUT2D eigenvalue weighted by atomic mass is 16.5. The highest BCUT2D eigenvalue weighted by Gasteiger charge is 2.11. The smallest absolute Gasteiger partial charge is 0.230 e. The van der Waals surface area contributed by atoms with Gasteiger partial charge in [-0.1, -0.05) is 17.3 Å². The number of benzene rings is 1. The lowest BCUT2D eigenvalue weighted by atomic mass is 10.1. The van der Waals surface area contributed by atoms with Gasteiger partial charge in [-0.05, 0) is 24.6 Å². The number of aryl methyl sites for hydroxylation is 1. The Labute approximate surface area is 81.0 Å². The molecular weight excluding hydrogens is 180 g/mol. The minimum absolute atomic E-state index is 0.197. The Morgan fingerprint density at radius 3 is 2.79 bits per heavy atom. The van der Waals surface area contributed by atoms with Crippen LogP contribution in [0.15, 0.2) is 28.8 Å². The zero-order valence-corrected chi connectivity index (χ0v) is 7.69. The number of phenolic OH excluding ortho intramolecular Hbond substituents is 1. The Morgan fingerprint density at radius 2 is 2.21 bits per heavy atom. The maximum atomic E-state index is 9.30. The summed E-state index contributed by atoms with van der Waals surface area (Å²) in [6, 6.07) is 6.81. The van der Waals surface area contributed by atoms with Gasteiger partial charge in [-0.15, -0.1) is 0 Å². The number of hydrogen-bond donors (Lipinski definition) is 2. The number of anilines is 1. The lowest BCUT2D eigenvalue weighted by Crippen LogP contribution is -1.86. The Balaban J connectivity index is 2.59. The molecule has 0 radical (unpaired) electrons. The Bertz CT molecular complexity index is 443. The van der Waals surface area contributed by atoms with E-state index >= 15 is 0 Å². The van der Waals surface area contributed by atoms with Crippen molar-refractivity contribution in [1.29, 1.82) is 0 Å². The number of aromatic nitrogens is 1. The summed E-state index contributed by atoms with van der Waals surface area (Å²) >= 11 is 0. The van der Waals surface area contributed by atoms with Crippen molar-refractivity contribution in [2.45, 2.75) is 6.92 Å². The first-order valence-corrected chi connectivity index (χ1v) is 4.19. The van der Waals surface area contributed by atoms with Crippen molar-refractivity contribution < 1.29 is 9.63 Å². The molecule has 0 unspecified atom stereocenters. The third-order valence-electron chi connectivity index (χ3n) is 2.02. The predicted molar refractivity (Wildman–Crippen MR) is 52.8 cm³/mol. The molecule has 1 aromatic heterocycles. The Hall–Kier alpha value is -1.97. The van der Waals surface area contributed by atoms with E-state index in [9.17, 15) is 5.11 Å². The van der Waals surface area contributed by atoms with Crippen LogP contribution in [0.2, 0.25) is 0 Å². The molecule has 0 atom stereocenters. The van der Waals surface area contributed by atoms with Gasteiger partial charge >= 0.3 is 0 Å². The summed E-state index contributed by atoms with van der Waals surface area (Å²) in [6.45, 7) is 1.80. The van der Waals surface area contributed by atoms with E-state index in [1.54, 1.807) is 25.1 Å². The quantitative estimate of drug-likeness (QED) is 0.720. The normalized spacial score (nSPS) is 10.4. The highest BCUT2D eigenvalue weighted by Crippen LogP contribution is 2.30. The van der Waals surface area contributed by atoms with Crippen LogP contribution in [0.5, 0.6) is 5.75 Å². The van der Waals surface area contributed by atoms with Gasteiger partial charge in [0.05, 0.1) is 11.3 Å². The lowest BCUT2D eigenvalue weighted by Gasteiger charge is -1.99. The molecule has 0 bridgehead atoms. The fourth-order valence-corrected chi connectivity index (χ4v) is 1.40. The number of aromatic hydroxyl groups is 1. The fraction of sp³-hybridized carbons (Fsp3) is 0.100.